The number of benzene rings is 1. The first kappa shape index (κ1) is 24.7. The number of carbonyl (C=O) groups is 3. The Morgan fingerprint density at radius 2 is 1.68 bits per heavy atom. The number of nitrogens with zero attached hydrogens (tertiary/aromatic N) is 1. The number of nitrogens with one attached hydrogen (secondary N) is 1. The van der Waals surface area contributed by atoms with E-state index in [2.05, 4.69) is 12.2 Å². The summed E-state index contributed by atoms with van der Waals surface area (Å²) in [6, 6.07) is 5.86. The maximum atomic E-state index is 12.9. The third-order valence-corrected chi connectivity index (χ3v) is 5.55. The maximum Gasteiger partial charge on any atom is 0.308 e. The predicted molar refractivity (Wildman–Crippen MR) is 119 cm³/mol. The summed E-state index contributed by atoms with van der Waals surface area (Å²) in [6.07, 6.45) is 9.20. The van der Waals surface area contributed by atoms with E-state index in [1.165, 1.54) is 37.0 Å². The van der Waals surface area contributed by atoms with Gasteiger partial charge in [0.25, 0.3) is 5.91 Å². The van der Waals surface area contributed by atoms with E-state index in [1.807, 2.05) is 0 Å². The van der Waals surface area contributed by atoms with Crippen LogP contribution in [0.4, 0.5) is 0 Å². The molecule has 1 saturated heterocycles. The smallest absolute Gasteiger partial charge is 0.308 e. The molecule has 0 radical (unpaired) electrons. The van der Waals surface area contributed by atoms with Gasteiger partial charge in [0, 0.05) is 18.7 Å². The zero-order valence-corrected chi connectivity index (χ0v) is 18.9. The predicted octanol–water partition coefficient (Wildman–Crippen LogP) is 3.71. The first-order valence-electron chi connectivity index (χ1n) is 11.4. The minimum Gasteiger partial charge on any atom is -0.497 e. The molecular formula is C24H36N2O5. The molecule has 7 heteroatoms. The molecule has 2 rings (SSSR count). The Balaban J connectivity index is 1.78. The van der Waals surface area contributed by atoms with Gasteiger partial charge < -0.3 is 19.7 Å². The Morgan fingerprint density at radius 3 is 2.32 bits per heavy atom. The van der Waals surface area contributed by atoms with Crippen LogP contribution in [0.1, 0.15) is 75.1 Å². The van der Waals surface area contributed by atoms with Crippen LogP contribution < -0.4 is 10.1 Å². The molecule has 0 bridgehead atoms. The highest BCUT2D eigenvalue weighted by molar-refractivity contribution is 5.99. The van der Waals surface area contributed by atoms with Crippen LogP contribution in [0.5, 0.6) is 5.75 Å². The van der Waals surface area contributed by atoms with Gasteiger partial charge in [-0.3, -0.25) is 14.4 Å². The Bertz CT molecular complexity index is 704. The second-order valence-electron chi connectivity index (χ2n) is 7.93. The second kappa shape index (κ2) is 13.7. The fraction of sp³-hybridized carbons (Fsp3) is 0.625. The molecule has 1 heterocycles. The van der Waals surface area contributed by atoms with Crippen LogP contribution >= 0.6 is 0 Å². The Hall–Kier alpha value is -2.57. The van der Waals surface area contributed by atoms with Crippen LogP contribution in [0, 0.1) is 0 Å². The molecule has 1 aromatic rings. The lowest BCUT2D eigenvalue weighted by Gasteiger charge is -2.34. The van der Waals surface area contributed by atoms with Gasteiger partial charge in [-0.05, 0) is 30.7 Å². The van der Waals surface area contributed by atoms with E-state index < -0.39 is 12.0 Å². The van der Waals surface area contributed by atoms with Crippen LogP contribution in [0.25, 0.3) is 0 Å². The molecule has 0 spiro atoms. The molecule has 0 saturated carbocycles. The van der Waals surface area contributed by atoms with Crippen LogP contribution in [-0.2, 0) is 14.3 Å². The fourth-order valence-corrected chi connectivity index (χ4v) is 3.70. The number of piperazine rings is 1. The number of hydrogen-bond acceptors (Lipinski definition) is 5. The Morgan fingerprint density at radius 1 is 1.03 bits per heavy atom. The van der Waals surface area contributed by atoms with Crippen molar-refractivity contribution in [2.24, 2.45) is 0 Å². The van der Waals surface area contributed by atoms with Gasteiger partial charge in [0.15, 0.2) is 0 Å². The van der Waals surface area contributed by atoms with Crippen LogP contribution in [-0.4, -0.2) is 55.5 Å². The minimum atomic E-state index is -0.852. The summed E-state index contributed by atoms with van der Waals surface area (Å²) < 4.78 is 10.4. The maximum absolute atomic E-state index is 12.9. The van der Waals surface area contributed by atoms with Crippen molar-refractivity contribution in [1.82, 2.24) is 10.2 Å². The largest absolute Gasteiger partial charge is 0.497 e. The van der Waals surface area contributed by atoms with Crippen LogP contribution in [0.3, 0.4) is 0 Å². The van der Waals surface area contributed by atoms with E-state index in [1.54, 1.807) is 31.4 Å². The van der Waals surface area contributed by atoms with Gasteiger partial charge in [-0.2, -0.15) is 0 Å². The third kappa shape index (κ3) is 8.23. The number of ether oxygens (including phenoxy) is 2. The number of rotatable bonds is 13. The van der Waals surface area contributed by atoms with Gasteiger partial charge >= 0.3 is 5.97 Å². The molecule has 1 aliphatic heterocycles. The van der Waals surface area contributed by atoms with E-state index >= 15 is 0 Å². The Kier molecular flexibility index (Phi) is 10.9. The zero-order chi connectivity index (χ0) is 22.5. The van der Waals surface area contributed by atoms with Crippen molar-refractivity contribution in [3.8, 4) is 5.75 Å². The van der Waals surface area contributed by atoms with Crippen molar-refractivity contribution >= 4 is 17.8 Å². The lowest BCUT2D eigenvalue weighted by atomic mass is 10.1. The highest BCUT2D eigenvalue weighted by atomic mass is 16.5. The lowest BCUT2D eigenvalue weighted by Crippen LogP contribution is -2.57. The molecule has 1 unspecified atom stereocenters. The van der Waals surface area contributed by atoms with Crippen LogP contribution in [0.15, 0.2) is 24.3 Å². The molecule has 0 aliphatic carbocycles. The summed E-state index contributed by atoms with van der Waals surface area (Å²) in [4.78, 5) is 39.0. The van der Waals surface area contributed by atoms with E-state index in [0.29, 0.717) is 31.0 Å². The molecule has 0 aromatic heterocycles. The van der Waals surface area contributed by atoms with Crippen molar-refractivity contribution in [1.29, 1.82) is 0 Å². The molecule has 1 atom stereocenters. The highest BCUT2D eigenvalue weighted by Gasteiger charge is 2.35. The lowest BCUT2D eigenvalue weighted by molar-refractivity contribution is -0.147. The second-order valence-corrected chi connectivity index (χ2v) is 7.93. The third-order valence-electron chi connectivity index (χ3n) is 5.55. The highest BCUT2D eigenvalue weighted by Crippen LogP contribution is 2.18. The van der Waals surface area contributed by atoms with Crippen molar-refractivity contribution < 1.29 is 23.9 Å². The number of carbonyl (C=O) groups excluding carboxylic acids is 3. The van der Waals surface area contributed by atoms with Gasteiger partial charge in [-0.25, -0.2) is 0 Å². The normalized spacial score (nSPS) is 16.0. The van der Waals surface area contributed by atoms with Gasteiger partial charge in [0.05, 0.1) is 20.1 Å². The minimum absolute atomic E-state index is 0.134. The molecule has 31 heavy (non-hydrogen) atoms. The molecular weight excluding hydrogens is 396 g/mol. The molecule has 1 N–H and O–H groups in total. The topological polar surface area (TPSA) is 84.9 Å². The van der Waals surface area contributed by atoms with Gasteiger partial charge in [0.1, 0.15) is 11.8 Å². The monoisotopic (exact) mass is 432 g/mol. The van der Waals surface area contributed by atoms with Crippen LogP contribution in [0.2, 0.25) is 0 Å². The van der Waals surface area contributed by atoms with Crippen molar-refractivity contribution in [3.05, 3.63) is 29.8 Å². The first-order valence-corrected chi connectivity index (χ1v) is 11.4. The number of methoxy groups -OCH3 is 1. The van der Waals surface area contributed by atoms with Crippen molar-refractivity contribution in [3.63, 3.8) is 0 Å². The van der Waals surface area contributed by atoms with E-state index in [0.717, 1.165) is 19.3 Å². The summed E-state index contributed by atoms with van der Waals surface area (Å²) in [6.45, 7) is 3.28. The quantitative estimate of drug-likeness (QED) is 0.379. The van der Waals surface area contributed by atoms with Gasteiger partial charge in [0.2, 0.25) is 5.91 Å². The van der Waals surface area contributed by atoms with Crippen molar-refractivity contribution in [2.75, 3.05) is 26.8 Å². The average Bonchev–Trinajstić information content (AvgIpc) is 2.79. The SMILES string of the molecule is CCCCCCCCCCOC(=O)CC1C(=O)NCCN1C(=O)c1ccc(OC)cc1. The van der Waals surface area contributed by atoms with E-state index in [9.17, 15) is 14.4 Å². The molecule has 172 valence electrons. The molecule has 1 aliphatic rings. The molecule has 7 nitrogen and oxygen atoms in total. The first-order chi connectivity index (χ1) is 15.1. The van der Waals surface area contributed by atoms with Crippen molar-refractivity contribution in [2.45, 2.75) is 70.8 Å². The standard InChI is InChI=1S/C24H36N2O5/c1-3-4-5-6-7-8-9-10-17-31-22(27)18-21-23(28)25-15-16-26(21)24(29)19-11-13-20(30-2)14-12-19/h11-14,21H,3-10,15-18H2,1-2H3,(H,25,28). The fourth-order valence-electron chi connectivity index (χ4n) is 3.70. The molecule has 1 fully saturated rings. The Labute approximate surface area is 185 Å². The number of esters is 1. The number of amides is 2. The summed E-state index contributed by atoms with van der Waals surface area (Å²) in [5.41, 5.74) is 0.452. The number of hydrogen-bond donors (Lipinski definition) is 1. The van der Waals surface area contributed by atoms with E-state index in [-0.39, 0.29) is 18.2 Å². The van der Waals surface area contributed by atoms with E-state index in [4.69, 9.17) is 9.47 Å². The summed E-state index contributed by atoms with van der Waals surface area (Å²) in [5.74, 6) is -0.401. The van der Waals surface area contributed by atoms with Gasteiger partial charge in [-0.1, -0.05) is 51.9 Å². The summed E-state index contributed by atoms with van der Waals surface area (Å²) >= 11 is 0. The zero-order valence-electron chi connectivity index (χ0n) is 18.9. The summed E-state index contributed by atoms with van der Waals surface area (Å²) in [5, 5.41) is 2.74. The molecule has 2 amide bonds. The summed E-state index contributed by atoms with van der Waals surface area (Å²) in [7, 11) is 1.56. The van der Waals surface area contributed by atoms with Gasteiger partial charge in [-0.15, -0.1) is 0 Å². The average molecular weight is 433 g/mol. The number of unbranched alkanes of at least 4 members (excludes halogenated alkanes) is 7. The molecule has 1 aromatic carbocycles.